The van der Waals surface area contributed by atoms with Crippen LogP contribution in [0, 0.1) is 6.92 Å². The van der Waals surface area contributed by atoms with Gasteiger partial charge in [-0.2, -0.15) is 0 Å². The number of aliphatic hydroxyl groups excluding tert-OH is 1. The first-order chi connectivity index (χ1) is 7.04. The van der Waals surface area contributed by atoms with Crippen LogP contribution in [-0.4, -0.2) is 41.3 Å². The van der Waals surface area contributed by atoms with E-state index in [-0.39, 0.29) is 6.61 Å². The molecule has 5 heteroatoms. The quantitative estimate of drug-likeness (QED) is 0.796. The van der Waals surface area contributed by atoms with E-state index < -0.39 is 5.97 Å². The Morgan fingerprint density at radius 2 is 2.27 bits per heavy atom. The minimum atomic E-state index is -0.876. The standard InChI is InChI=1S/C10H15NO3S/c1-7-8(6-11(2)3-4-12)5-9(15-7)10(13)14/h5,12H,3-4,6H2,1-2H3,(H,13,14). The van der Waals surface area contributed by atoms with Crippen molar-refractivity contribution >= 4 is 17.3 Å². The third kappa shape index (κ3) is 3.30. The van der Waals surface area contributed by atoms with Gasteiger partial charge in [0.1, 0.15) is 4.88 Å². The third-order valence-electron chi connectivity index (χ3n) is 2.15. The smallest absolute Gasteiger partial charge is 0.345 e. The van der Waals surface area contributed by atoms with E-state index in [4.69, 9.17) is 10.2 Å². The molecule has 2 N–H and O–H groups in total. The number of nitrogens with zero attached hydrogens (tertiary/aromatic N) is 1. The molecule has 0 saturated carbocycles. The summed E-state index contributed by atoms with van der Waals surface area (Å²) >= 11 is 1.29. The first-order valence-corrected chi connectivity index (χ1v) is 5.48. The fourth-order valence-electron chi connectivity index (χ4n) is 1.32. The van der Waals surface area contributed by atoms with Crippen LogP contribution in [0.3, 0.4) is 0 Å². The molecule has 0 aliphatic carbocycles. The number of aryl methyl sites for hydroxylation is 1. The van der Waals surface area contributed by atoms with Crippen LogP contribution in [0.25, 0.3) is 0 Å². The van der Waals surface area contributed by atoms with Gasteiger partial charge in [0.2, 0.25) is 0 Å². The van der Waals surface area contributed by atoms with E-state index >= 15 is 0 Å². The Morgan fingerprint density at radius 3 is 2.73 bits per heavy atom. The summed E-state index contributed by atoms with van der Waals surface area (Å²) in [4.78, 5) is 14.1. The average Bonchev–Trinajstić information content (AvgIpc) is 2.48. The normalized spacial score (nSPS) is 10.9. The number of carbonyl (C=O) groups is 1. The summed E-state index contributed by atoms with van der Waals surface area (Å²) in [5, 5.41) is 17.6. The molecule has 15 heavy (non-hydrogen) atoms. The molecule has 0 atom stereocenters. The number of thiophene rings is 1. The molecule has 0 aliphatic heterocycles. The van der Waals surface area contributed by atoms with Crippen LogP contribution in [0.2, 0.25) is 0 Å². The number of rotatable bonds is 5. The zero-order chi connectivity index (χ0) is 11.4. The van der Waals surface area contributed by atoms with Crippen molar-refractivity contribution in [3.63, 3.8) is 0 Å². The monoisotopic (exact) mass is 229 g/mol. The fourth-order valence-corrected chi connectivity index (χ4v) is 2.20. The summed E-state index contributed by atoms with van der Waals surface area (Å²) in [6, 6.07) is 1.70. The van der Waals surface area contributed by atoms with Crippen molar-refractivity contribution in [1.29, 1.82) is 0 Å². The van der Waals surface area contributed by atoms with Gasteiger partial charge < -0.3 is 10.2 Å². The number of aromatic carboxylic acids is 1. The van der Waals surface area contributed by atoms with Crippen LogP contribution >= 0.6 is 11.3 Å². The second-order valence-corrected chi connectivity index (χ2v) is 4.71. The van der Waals surface area contributed by atoms with Crippen LogP contribution in [-0.2, 0) is 6.54 Å². The Balaban J connectivity index is 2.72. The molecule has 0 fully saturated rings. The second kappa shape index (κ2) is 5.25. The lowest BCUT2D eigenvalue weighted by Crippen LogP contribution is -2.21. The lowest BCUT2D eigenvalue weighted by atomic mass is 10.2. The van der Waals surface area contributed by atoms with Gasteiger partial charge in [0.15, 0.2) is 0 Å². The van der Waals surface area contributed by atoms with Gasteiger partial charge in [-0.15, -0.1) is 11.3 Å². The van der Waals surface area contributed by atoms with Gasteiger partial charge >= 0.3 is 5.97 Å². The van der Waals surface area contributed by atoms with E-state index in [1.165, 1.54) is 11.3 Å². The number of hydrogen-bond acceptors (Lipinski definition) is 4. The lowest BCUT2D eigenvalue weighted by Gasteiger charge is -2.14. The largest absolute Gasteiger partial charge is 0.477 e. The van der Waals surface area contributed by atoms with Crippen molar-refractivity contribution in [2.45, 2.75) is 13.5 Å². The molecule has 0 saturated heterocycles. The van der Waals surface area contributed by atoms with E-state index in [0.717, 1.165) is 10.4 Å². The molecule has 0 aromatic carbocycles. The Labute approximate surface area is 92.8 Å². The highest BCUT2D eigenvalue weighted by atomic mass is 32.1. The molecule has 0 unspecified atom stereocenters. The van der Waals surface area contributed by atoms with E-state index in [9.17, 15) is 4.79 Å². The molecule has 0 aliphatic rings. The predicted octanol–water partition coefficient (Wildman–Crippen LogP) is 1.18. The molecule has 1 rings (SSSR count). The van der Waals surface area contributed by atoms with Gasteiger partial charge in [-0.25, -0.2) is 4.79 Å². The molecule has 0 spiro atoms. The van der Waals surface area contributed by atoms with Crippen LogP contribution in [0.15, 0.2) is 6.07 Å². The van der Waals surface area contributed by atoms with E-state index in [1.54, 1.807) is 6.07 Å². The minimum Gasteiger partial charge on any atom is -0.477 e. The van der Waals surface area contributed by atoms with Crippen molar-refractivity contribution in [3.8, 4) is 0 Å². The zero-order valence-electron chi connectivity index (χ0n) is 8.86. The molecule has 4 nitrogen and oxygen atoms in total. The van der Waals surface area contributed by atoms with E-state index in [2.05, 4.69) is 0 Å². The maximum atomic E-state index is 10.7. The number of carboxylic acid groups (broad SMARTS) is 1. The fraction of sp³-hybridized carbons (Fsp3) is 0.500. The highest BCUT2D eigenvalue weighted by Crippen LogP contribution is 2.22. The molecule has 1 aromatic rings. The average molecular weight is 229 g/mol. The first-order valence-electron chi connectivity index (χ1n) is 4.66. The van der Waals surface area contributed by atoms with Crippen molar-refractivity contribution in [2.75, 3.05) is 20.2 Å². The van der Waals surface area contributed by atoms with Crippen molar-refractivity contribution in [1.82, 2.24) is 4.90 Å². The van der Waals surface area contributed by atoms with Gasteiger partial charge in [-0.3, -0.25) is 4.90 Å². The Hall–Kier alpha value is -0.910. The highest BCUT2D eigenvalue weighted by Gasteiger charge is 2.11. The maximum Gasteiger partial charge on any atom is 0.345 e. The first kappa shape index (κ1) is 12.2. The Kier molecular flexibility index (Phi) is 4.26. The van der Waals surface area contributed by atoms with Gasteiger partial charge in [-0.05, 0) is 25.6 Å². The minimum absolute atomic E-state index is 0.117. The van der Waals surface area contributed by atoms with Crippen molar-refractivity contribution in [3.05, 3.63) is 21.4 Å². The molecular formula is C10H15NO3S. The van der Waals surface area contributed by atoms with Gasteiger partial charge in [0, 0.05) is 18.0 Å². The molecule has 0 amide bonds. The topological polar surface area (TPSA) is 60.8 Å². The molecule has 1 heterocycles. The van der Waals surface area contributed by atoms with E-state index in [0.29, 0.717) is 18.0 Å². The molecule has 84 valence electrons. The van der Waals surface area contributed by atoms with Gasteiger partial charge in [0.25, 0.3) is 0 Å². The number of hydrogen-bond donors (Lipinski definition) is 2. The van der Waals surface area contributed by atoms with Crippen LogP contribution in [0.4, 0.5) is 0 Å². The summed E-state index contributed by atoms with van der Waals surface area (Å²) in [5.41, 5.74) is 1.02. The summed E-state index contributed by atoms with van der Waals surface area (Å²) in [5.74, 6) is -0.876. The molecule has 1 aromatic heterocycles. The summed E-state index contributed by atoms with van der Waals surface area (Å²) in [7, 11) is 1.90. The van der Waals surface area contributed by atoms with Crippen molar-refractivity contribution < 1.29 is 15.0 Å². The SMILES string of the molecule is Cc1sc(C(=O)O)cc1CN(C)CCO. The highest BCUT2D eigenvalue weighted by molar-refractivity contribution is 7.14. The van der Waals surface area contributed by atoms with Gasteiger partial charge in [0.05, 0.1) is 6.61 Å². The molecular weight excluding hydrogens is 214 g/mol. The summed E-state index contributed by atoms with van der Waals surface area (Å²) in [6.07, 6.45) is 0. The Morgan fingerprint density at radius 1 is 1.60 bits per heavy atom. The van der Waals surface area contributed by atoms with Gasteiger partial charge in [-0.1, -0.05) is 0 Å². The number of carboxylic acids is 1. The second-order valence-electron chi connectivity index (χ2n) is 3.46. The van der Waals surface area contributed by atoms with Crippen LogP contribution in [0.5, 0.6) is 0 Å². The van der Waals surface area contributed by atoms with Crippen LogP contribution in [0.1, 0.15) is 20.1 Å². The Bertz CT molecular complexity index is 348. The summed E-state index contributed by atoms with van der Waals surface area (Å²) in [6.45, 7) is 3.30. The zero-order valence-corrected chi connectivity index (χ0v) is 9.67. The third-order valence-corrected chi connectivity index (χ3v) is 3.23. The number of aliphatic hydroxyl groups is 1. The van der Waals surface area contributed by atoms with Crippen molar-refractivity contribution in [2.24, 2.45) is 0 Å². The maximum absolute atomic E-state index is 10.7. The van der Waals surface area contributed by atoms with E-state index in [1.807, 2.05) is 18.9 Å². The van der Waals surface area contributed by atoms with Crippen LogP contribution < -0.4 is 0 Å². The lowest BCUT2D eigenvalue weighted by molar-refractivity contribution is 0.0702. The number of likely N-dealkylation sites (N-methyl/N-ethyl adjacent to an activating group) is 1. The molecule has 0 radical (unpaired) electrons. The summed E-state index contributed by atoms with van der Waals surface area (Å²) < 4.78 is 0. The predicted molar refractivity (Wildman–Crippen MR) is 59.4 cm³/mol. The molecule has 0 bridgehead atoms.